The Morgan fingerprint density at radius 3 is 2.08 bits per heavy atom. The molecule has 0 atom stereocenters. The molecule has 0 amide bonds. The maximum Gasteiger partial charge on any atom is 0.677 e. The van der Waals surface area contributed by atoms with E-state index in [1.165, 1.54) is 25.7 Å². The zero-order chi connectivity index (χ0) is 27.4. The zero-order valence-corrected chi connectivity index (χ0v) is 23.1. The molecule has 0 saturated carbocycles. The van der Waals surface area contributed by atoms with Gasteiger partial charge in [0.05, 0.1) is 30.2 Å². The summed E-state index contributed by atoms with van der Waals surface area (Å²) >= 11 is 0. The molecule has 1 aliphatic heterocycles. The number of aliphatic hydroxyl groups excluding tert-OH is 2. The van der Waals surface area contributed by atoms with Gasteiger partial charge in [0.1, 0.15) is 0 Å². The summed E-state index contributed by atoms with van der Waals surface area (Å²) in [6, 6.07) is 0. The second kappa shape index (κ2) is 15.6. The monoisotopic (exact) mass is 510 g/mol. The van der Waals surface area contributed by atoms with Crippen LogP contribution in [0.2, 0.25) is 0 Å². The predicted octanol–water partition coefficient (Wildman–Crippen LogP) is 6.64. The molecule has 2 heterocycles. The Morgan fingerprint density at radius 2 is 1.49 bits per heavy atom. The van der Waals surface area contributed by atoms with Gasteiger partial charge in [0.15, 0.2) is 0 Å². The van der Waals surface area contributed by atoms with E-state index >= 15 is 0 Å². The Kier molecular flexibility index (Phi) is 12.9. The van der Waals surface area contributed by atoms with E-state index in [9.17, 15) is 8.63 Å². The minimum absolute atomic E-state index is 0.0117. The highest BCUT2D eigenvalue weighted by Gasteiger charge is 2.31. The highest BCUT2D eigenvalue weighted by Crippen LogP contribution is 2.39. The third-order valence-electron chi connectivity index (χ3n) is 6.76. The Hall–Kier alpha value is -2.61. The van der Waals surface area contributed by atoms with Crippen LogP contribution >= 0.6 is 0 Å². The van der Waals surface area contributed by atoms with Crippen LogP contribution in [-0.4, -0.2) is 41.0 Å². The van der Waals surface area contributed by atoms with Gasteiger partial charge in [-0.3, -0.25) is 13.6 Å². The summed E-state index contributed by atoms with van der Waals surface area (Å²) in [4.78, 5) is 4.83. The molecule has 4 nitrogen and oxygen atoms in total. The van der Waals surface area contributed by atoms with Crippen molar-refractivity contribution >= 4 is 18.7 Å². The summed E-state index contributed by atoms with van der Waals surface area (Å²) in [5.74, 6) is 12.0. The minimum atomic E-state index is -2.72. The van der Waals surface area contributed by atoms with Crippen LogP contribution in [0.5, 0.6) is 0 Å². The fourth-order valence-electron chi connectivity index (χ4n) is 4.86. The minimum Gasteiger partial charge on any atom is -0.395 e. The van der Waals surface area contributed by atoms with Gasteiger partial charge in [-0.05, 0) is 51.7 Å². The summed E-state index contributed by atoms with van der Waals surface area (Å²) in [5, 5.41) is 18.2. The fraction of sp³-hybridized carbons (Fsp3) is 0.567. The van der Waals surface area contributed by atoms with E-state index in [-0.39, 0.29) is 13.2 Å². The van der Waals surface area contributed by atoms with Crippen LogP contribution < -0.4 is 0 Å². The van der Waals surface area contributed by atoms with Crippen molar-refractivity contribution in [3.05, 3.63) is 39.4 Å². The van der Waals surface area contributed by atoms with Crippen LogP contribution in [-0.2, 0) is 0 Å². The van der Waals surface area contributed by atoms with Crippen LogP contribution in [0.4, 0.5) is 8.63 Å². The molecule has 0 aliphatic carbocycles. The van der Waals surface area contributed by atoms with Crippen molar-refractivity contribution in [1.82, 2.24) is 4.48 Å². The molecule has 1 aromatic heterocycles. The van der Waals surface area contributed by atoms with Gasteiger partial charge in [0, 0.05) is 35.4 Å². The molecule has 1 aromatic rings. The van der Waals surface area contributed by atoms with Crippen LogP contribution in [0.1, 0.15) is 107 Å². The number of allylic oxidation sites excluding steroid dienone is 3. The molecule has 0 radical (unpaired) electrons. The van der Waals surface area contributed by atoms with Crippen molar-refractivity contribution in [2.75, 3.05) is 13.2 Å². The third-order valence-corrected chi connectivity index (χ3v) is 6.76. The lowest BCUT2D eigenvalue weighted by molar-refractivity contribution is 0.304. The van der Waals surface area contributed by atoms with E-state index in [2.05, 4.69) is 30.6 Å². The lowest BCUT2D eigenvalue weighted by atomic mass is 9.94. The van der Waals surface area contributed by atoms with E-state index in [0.717, 1.165) is 46.2 Å². The summed E-state index contributed by atoms with van der Waals surface area (Å²) in [6.07, 6.45) is 9.21. The first-order chi connectivity index (χ1) is 17.8. The smallest absolute Gasteiger partial charge is 0.395 e. The number of hydrogen-bond acceptors (Lipinski definition) is 3. The van der Waals surface area contributed by atoms with Crippen molar-refractivity contribution in [3.63, 3.8) is 0 Å². The van der Waals surface area contributed by atoms with Crippen LogP contribution in [0.25, 0.3) is 5.57 Å². The normalized spacial score (nSPS) is 14.2. The zero-order valence-electron chi connectivity index (χ0n) is 23.1. The molecule has 0 fully saturated rings. The van der Waals surface area contributed by atoms with Gasteiger partial charge < -0.3 is 14.7 Å². The molecule has 2 N–H and O–H groups in total. The third kappa shape index (κ3) is 7.94. The molecule has 1 aliphatic rings. The summed E-state index contributed by atoms with van der Waals surface area (Å²) in [5.41, 5.74) is 6.19. The fourth-order valence-corrected chi connectivity index (χ4v) is 4.86. The Labute approximate surface area is 222 Å². The standard InChI is InChI=1S/C30H41BF2N2O2/c1-6-7-8-9-10-11-12-19-28(29-22(2)26(24(4)34-29)17-13-15-20-36)30-23(3)27(18-14-16-21-37)25(5)35(30)31(32)33/h36-37H,6-12,15-16,19-21H2,1-5H3/b29-28-. The topological polar surface area (TPSA) is 57.8 Å². The number of unbranched alkanes of at least 4 members (excludes halogenated alkanes) is 6. The number of rotatable bonds is 12. The van der Waals surface area contributed by atoms with Gasteiger partial charge in [-0.1, -0.05) is 69.1 Å². The van der Waals surface area contributed by atoms with Crippen molar-refractivity contribution in [2.24, 2.45) is 4.99 Å². The lowest BCUT2D eigenvalue weighted by Crippen LogP contribution is -2.18. The van der Waals surface area contributed by atoms with Crippen LogP contribution in [0.15, 0.2) is 21.8 Å². The molecule has 0 bridgehead atoms. The van der Waals surface area contributed by atoms with Crippen LogP contribution in [0.3, 0.4) is 0 Å². The first-order valence-corrected chi connectivity index (χ1v) is 13.5. The van der Waals surface area contributed by atoms with Gasteiger partial charge in [0.2, 0.25) is 0 Å². The number of nitrogens with zero attached hydrogens (tertiary/aromatic N) is 2. The Balaban J connectivity index is 2.63. The largest absolute Gasteiger partial charge is 0.677 e. The highest BCUT2D eigenvalue weighted by molar-refractivity contribution is 6.41. The van der Waals surface area contributed by atoms with Crippen molar-refractivity contribution in [1.29, 1.82) is 0 Å². The molecule has 0 unspecified atom stereocenters. The second-order valence-corrected chi connectivity index (χ2v) is 9.53. The molecular weight excluding hydrogens is 469 g/mol. The quantitative estimate of drug-likeness (QED) is 0.188. The lowest BCUT2D eigenvalue weighted by Gasteiger charge is -2.16. The molecule has 0 saturated heterocycles. The maximum absolute atomic E-state index is 14.5. The maximum atomic E-state index is 14.5. The molecule has 2 rings (SSSR count). The first-order valence-electron chi connectivity index (χ1n) is 13.5. The second-order valence-electron chi connectivity index (χ2n) is 9.53. The molecule has 0 spiro atoms. The average molecular weight is 510 g/mol. The number of aliphatic imine (C=N–C) groups is 1. The van der Waals surface area contributed by atoms with Gasteiger partial charge >= 0.3 is 7.40 Å². The predicted molar refractivity (Wildman–Crippen MR) is 151 cm³/mol. The number of aliphatic hydroxyl groups is 2. The summed E-state index contributed by atoms with van der Waals surface area (Å²) in [6.45, 7) is 9.48. The SMILES string of the molecule is CCCCCCCCC/C(=C1/N=C(C)C(C#CCCO)=C1C)c1c(C)c(C#CCCO)c(C)n1B(F)F. The van der Waals surface area contributed by atoms with Crippen molar-refractivity contribution < 1.29 is 18.8 Å². The van der Waals surface area contributed by atoms with Crippen molar-refractivity contribution in [2.45, 2.75) is 98.8 Å². The van der Waals surface area contributed by atoms with E-state index in [1.807, 2.05) is 20.8 Å². The summed E-state index contributed by atoms with van der Waals surface area (Å²) in [7, 11) is -2.72. The first kappa shape index (κ1) is 30.6. The molecule has 7 heteroatoms. The van der Waals surface area contributed by atoms with Crippen LogP contribution in [0, 0.1) is 37.5 Å². The number of aromatic nitrogens is 1. The van der Waals surface area contributed by atoms with Gasteiger partial charge in [-0.2, -0.15) is 0 Å². The van der Waals surface area contributed by atoms with E-state index < -0.39 is 7.40 Å². The number of halogens is 2. The van der Waals surface area contributed by atoms with E-state index in [0.29, 0.717) is 47.5 Å². The molecular formula is C30H41BF2N2O2. The summed E-state index contributed by atoms with van der Waals surface area (Å²) < 4.78 is 30.1. The average Bonchev–Trinajstić information content (AvgIpc) is 3.28. The van der Waals surface area contributed by atoms with Gasteiger partial charge in [-0.15, -0.1) is 0 Å². The van der Waals surface area contributed by atoms with E-state index in [1.54, 1.807) is 6.92 Å². The Morgan fingerprint density at radius 1 is 0.892 bits per heavy atom. The molecule has 37 heavy (non-hydrogen) atoms. The Bertz CT molecular complexity index is 1150. The molecule has 0 aromatic carbocycles. The van der Waals surface area contributed by atoms with Crippen molar-refractivity contribution in [3.8, 4) is 23.7 Å². The number of hydrogen-bond donors (Lipinski definition) is 2. The van der Waals surface area contributed by atoms with E-state index in [4.69, 9.17) is 15.2 Å². The van der Waals surface area contributed by atoms with Gasteiger partial charge in [-0.25, -0.2) is 0 Å². The molecule has 200 valence electrons. The van der Waals surface area contributed by atoms with Gasteiger partial charge in [0.25, 0.3) is 0 Å². The highest BCUT2D eigenvalue weighted by atomic mass is 19.2.